The number of nitrogens with zero attached hydrogens (tertiary/aromatic N) is 2. The summed E-state index contributed by atoms with van der Waals surface area (Å²) in [5.41, 5.74) is 0.625. The Morgan fingerprint density at radius 3 is 2.89 bits per heavy atom. The molecule has 0 saturated carbocycles. The number of likely N-dealkylation sites (tertiary alicyclic amines) is 1. The molecule has 1 saturated heterocycles. The summed E-state index contributed by atoms with van der Waals surface area (Å²) in [7, 11) is 0. The van der Waals surface area contributed by atoms with E-state index in [9.17, 15) is 4.79 Å². The smallest absolute Gasteiger partial charge is 0.258 e. The van der Waals surface area contributed by atoms with Crippen LogP contribution in [0.3, 0.4) is 0 Å². The lowest BCUT2D eigenvalue weighted by molar-refractivity contribution is 0.0769. The monoisotopic (exact) mass is 440 g/mol. The molecule has 1 unspecified atom stereocenters. The topological polar surface area (TPSA) is 51.7 Å². The van der Waals surface area contributed by atoms with E-state index in [1.807, 2.05) is 60.4 Å². The lowest BCUT2D eigenvalue weighted by atomic mass is 10.0. The van der Waals surface area contributed by atoms with E-state index in [2.05, 4.69) is 20.9 Å². The number of carbonyl (C=O) groups excluding carboxylic acids is 1. The van der Waals surface area contributed by atoms with Crippen molar-refractivity contribution in [1.29, 1.82) is 0 Å². The molecule has 3 aromatic rings. The minimum absolute atomic E-state index is 0.0218. The third-order valence-electron chi connectivity index (χ3n) is 4.84. The van der Waals surface area contributed by atoms with E-state index in [0.717, 1.165) is 21.7 Å². The number of pyridine rings is 1. The second-order valence-corrected chi connectivity index (χ2v) is 7.52. The molecule has 0 bridgehead atoms. The third-order valence-corrected chi connectivity index (χ3v) is 5.44. The van der Waals surface area contributed by atoms with Crippen molar-refractivity contribution >= 4 is 32.6 Å². The molecule has 0 N–H and O–H groups in total. The zero-order valence-electron chi connectivity index (χ0n) is 15.6. The minimum Gasteiger partial charge on any atom is -0.493 e. The number of hydrogen-bond donors (Lipinski definition) is 0. The van der Waals surface area contributed by atoms with E-state index in [-0.39, 0.29) is 12.0 Å². The first-order chi connectivity index (χ1) is 13.7. The van der Waals surface area contributed by atoms with Crippen molar-refractivity contribution in [2.24, 2.45) is 0 Å². The number of carbonyl (C=O) groups is 1. The van der Waals surface area contributed by atoms with Gasteiger partial charge in [-0.1, -0.05) is 30.3 Å². The van der Waals surface area contributed by atoms with E-state index in [0.29, 0.717) is 36.9 Å². The summed E-state index contributed by atoms with van der Waals surface area (Å²) in [4.78, 5) is 19.5. The van der Waals surface area contributed by atoms with Gasteiger partial charge in [0.2, 0.25) is 5.88 Å². The van der Waals surface area contributed by atoms with Gasteiger partial charge in [0.25, 0.3) is 5.91 Å². The molecule has 1 amide bonds. The van der Waals surface area contributed by atoms with Crippen molar-refractivity contribution in [2.75, 3.05) is 19.7 Å². The molecule has 0 spiro atoms. The highest BCUT2D eigenvalue weighted by Gasteiger charge is 2.31. The number of ether oxygens (including phenoxy) is 2. The quantitative estimate of drug-likeness (QED) is 0.577. The maximum Gasteiger partial charge on any atom is 0.258 e. The van der Waals surface area contributed by atoms with Crippen LogP contribution in [0.1, 0.15) is 23.7 Å². The molecule has 28 heavy (non-hydrogen) atoms. The van der Waals surface area contributed by atoms with Crippen molar-refractivity contribution < 1.29 is 14.3 Å². The lowest BCUT2D eigenvalue weighted by Gasteiger charge is -2.20. The van der Waals surface area contributed by atoms with Crippen LogP contribution in [0.2, 0.25) is 0 Å². The standard InChI is InChI=1S/C22H21BrN2O3/c1-2-27-19-10-9-15-6-3-4-7-17(15)20(19)22(26)25-13-11-16(14-25)28-21-18(23)8-5-12-24-21/h3-10,12,16H,2,11,13-14H2,1H3. The van der Waals surface area contributed by atoms with Gasteiger partial charge >= 0.3 is 0 Å². The van der Waals surface area contributed by atoms with Gasteiger partial charge in [0, 0.05) is 19.2 Å². The molecule has 2 aromatic carbocycles. The molecular weight excluding hydrogens is 420 g/mol. The van der Waals surface area contributed by atoms with Gasteiger partial charge in [-0.2, -0.15) is 0 Å². The molecule has 2 heterocycles. The molecule has 1 aliphatic heterocycles. The van der Waals surface area contributed by atoms with Gasteiger partial charge in [-0.15, -0.1) is 0 Å². The Morgan fingerprint density at radius 1 is 1.21 bits per heavy atom. The van der Waals surface area contributed by atoms with Gasteiger partial charge < -0.3 is 14.4 Å². The number of benzene rings is 2. The molecule has 4 rings (SSSR count). The normalized spacial score (nSPS) is 16.4. The summed E-state index contributed by atoms with van der Waals surface area (Å²) in [6, 6.07) is 15.5. The van der Waals surface area contributed by atoms with Crippen molar-refractivity contribution in [2.45, 2.75) is 19.4 Å². The van der Waals surface area contributed by atoms with Crippen LogP contribution >= 0.6 is 15.9 Å². The first-order valence-corrected chi connectivity index (χ1v) is 10.2. The Hall–Kier alpha value is -2.60. The molecule has 0 aliphatic carbocycles. The number of aromatic nitrogens is 1. The Balaban J connectivity index is 1.58. The molecule has 5 nitrogen and oxygen atoms in total. The van der Waals surface area contributed by atoms with E-state index in [1.165, 1.54) is 0 Å². The summed E-state index contributed by atoms with van der Waals surface area (Å²) in [5.74, 6) is 1.16. The molecule has 1 aliphatic rings. The maximum absolute atomic E-state index is 13.4. The number of hydrogen-bond acceptors (Lipinski definition) is 4. The zero-order chi connectivity index (χ0) is 19.5. The van der Waals surface area contributed by atoms with Gasteiger partial charge in [-0.05, 0) is 51.8 Å². The predicted molar refractivity (Wildman–Crippen MR) is 112 cm³/mol. The molecule has 1 atom stereocenters. The number of halogens is 1. The van der Waals surface area contributed by atoms with Crippen LogP contribution in [-0.4, -0.2) is 41.6 Å². The molecule has 0 radical (unpaired) electrons. The van der Waals surface area contributed by atoms with Crippen molar-refractivity contribution in [3.63, 3.8) is 0 Å². The minimum atomic E-state index is -0.0827. The second-order valence-electron chi connectivity index (χ2n) is 6.66. The van der Waals surface area contributed by atoms with Gasteiger partial charge in [-0.3, -0.25) is 4.79 Å². The van der Waals surface area contributed by atoms with E-state index in [4.69, 9.17) is 9.47 Å². The molecule has 1 aromatic heterocycles. The highest BCUT2D eigenvalue weighted by atomic mass is 79.9. The summed E-state index contributed by atoms with van der Waals surface area (Å²) >= 11 is 3.45. The molecule has 6 heteroatoms. The fourth-order valence-corrected chi connectivity index (χ4v) is 3.88. The number of amides is 1. The van der Waals surface area contributed by atoms with Crippen LogP contribution in [0.25, 0.3) is 10.8 Å². The first-order valence-electron chi connectivity index (χ1n) is 9.38. The van der Waals surface area contributed by atoms with Gasteiger partial charge in [0.05, 0.1) is 23.2 Å². The van der Waals surface area contributed by atoms with Crippen molar-refractivity contribution in [3.8, 4) is 11.6 Å². The second kappa shape index (κ2) is 8.19. The van der Waals surface area contributed by atoms with Gasteiger partial charge in [0.1, 0.15) is 11.9 Å². The molecule has 1 fully saturated rings. The fourth-order valence-electron chi connectivity index (χ4n) is 3.53. The number of rotatable bonds is 5. The summed E-state index contributed by atoms with van der Waals surface area (Å²) in [5, 5.41) is 1.94. The van der Waals surface area contributed by atoms with Crippen molar-refractivity contribution in [3.05, 3.63) is 64.8 Å². The van der Waals surface area contributed by atoms with Gasteiger partial charge in [0.15, 0.2) is 0 Å². The molecular formula is C22H21BrN2O3. The summed E-state index contributed by atoms with van der Waals surface area (Å²) in [6.45, 7) is 3.60. The van der Waals surface area contributed by atoms with E-state index >= 15 is 0 Å². The van der Waals surface area contributed by atoms with Crippen LogP contribution in [0, 0.1) is 0 Å². The predicted octanol–water partition coefficient (Wildman–Crippen LogP) is 4.69. The first kappa shape index (κ1) is 18.7. The van der Waals surface area contributed by atoms with Crippen LogP contribution in [0.5, 0.6) is 11.6 Å². The number of fused-ring (bicyclic) bond motifs is 1. The average molecular weight is 441 g/mol. The molecule has 144 valence electrons. The van der Waals surface area contributed by atoms with Crippen LogP contribution in [0.15, 0.2) is 59.2 Å². The van der Waals surface area contributed by atoms with Gasteiger partial charge in [-0.25, -0.2) is 4.98 Å². The maximum atomic E-state index is 13.4. The van der Waals surface area contributed by atoms with Crippen molar-refractivity contribution in [1.82, 2.24) is 9.88 Å². The average Bonchev–Trinajstić information content (AvgIpc) is 3.18. The Labute approximate surface area is 172 Å². The third kappa shape index (κ3) is 3.69. The Kier molecular flexibility index (Phi) is 5.48. The SMILES string of the molecule is CCOc1ccc2ccccc2c1C(=O)N1CCC(Oc2ncccc2Br)C1. The summed E-state index contributed by atoms with van der Waals surface area (Å²) < 4.78 is 12.6. The largest absolute Gasteiger partial charge is 0.493 e. The Morgan fingerprint density at radius 2 is 2.07 bits per heavy atom. The van der Waals surface area contributed by atoms with Crippen LogP contribution in [-0.2, 0) is 0 Å². The highest BCUT2D eigenvalue weighted by Crippen LogP contribution is 2.31. The van der Waals surface area contributed by atoms with E-state index < -0.39 is 0 Å². The van der Waals surface area contributed by atoms with E-state index in [1.54, 1.807) is 6.20 Å². The Bertz CT molecular complexity index is 1010. The van der Waals surface area contributed by atoms with Crippen LogP contribution < -0.4 is 9.47 Å². The highest BCUT2D eigenvalue weighted by molar-refractivity contribution is 9.10. The zero-order valence-corrected chi connectivity index (χ0v) is 17.2. The summed E-state index contributed by atoms with van der Waals surface area (Å²) in [6.07, 6.45) is 2.38. The lowest BCUT2D eigenvalue weighted by Crippen LogP contribution is -2.31. The van der Waals surface area contributed by atoms with Crippen LogP contribution in [0.4, 0.5) is 0 Å². The fraction of sp³-hybridized carbons (Fsp3) is 0.273.